The second kappa shape index (κ2) is 11.9. The molecule has 3 aromatic rings. The van der Waals surface area contributed by atoms with E-state index in [0.29, 0.717) is 35.2 Å². The quantitative estimate of drug-likeness (QED) is 0.214. The number of nitrogens with zero attached hydrogens (tertiary/aromatic N) is 1. The molecule has 1 unspecified atom stereocenters. The smallest absolute Gasteiger partial charge is 0.410 e. The van der Waals surface area contributed by atoms with E-state index in [1.165, 1.54) is 18.2 Å². The summed E-state index contributed by atoms with van der Waals surface area (Å²) in [6.07, 6.45) is -1.35. The first-order valence-corrected chi connectivity index (χ1v) is 18.7. The van der Waals surface area contributed by atoms with Gasteiger partial charge < -0.3 is 9.53 Å². The molecule has 1 heterocycles. The van der Waals surface area contributed by atoms with E-state index in [9.17, 15) is 27.1 Å². The number of fused-ring (bicyclic) bond motifs is 1. The summed E-state index contributed by atoms with van der Waals surface area (Å²) in [4.78, 5) is 5.29. The van der Waals surface area contributed by atoms with E-state index >= 15 is 0 Å². The number of halogens is 5. The molecule has 1 saturated carbocycles. The average Bonchev–Trinajstić information content (AvgIpc) is 3.46. The van der Waals surface area contributed by atoms with Crippen molar-refractivity contribution in [2.75, 3.05) is 0 Å². The molecule has 2 aromatic carbocycles. The van der Waals surface area contributed by atoms with Gasteiger partial charge in [0, 0.05) is 22.7 Å². The van der Waals surface area contributed by atoms with Crippen LogP contribution in [0, 0.1) is 17.0 Å². The van der Waals surface area contributed by atoms with Gasteiger partial charge >= 0.3 is 6.18 Å². The van der Waals surface area contributed by atoms with Gasteiger partial charge in [-0.2, -0.15) is 13.2 Å². The minimum Gasteiger partial charge on any atom is -0.410 e. The summed E-state index contributed by atoms with van der Waals surface area (Å²) in [7, 11) is -2.37. The number of alkyl halides is 3. The number of benzene rings is 2. The van der Waals surface area contributed by atoms with Gasteiger partial charge in [0.05, 0.1) is 17.4 Å². The standard InChI is InChI=1S/C36H44F5NO2Si/c1-34(2,3)45(6,7)44-28-20-35(4,5)19-27-30(28)29(23-14-17-25(37)26(38)18-23)31(32(42-27)21-10-8-9-11-21)33(43)22-12-15-24(16-13-22)36(39,40)41/h12-18,21,28,33,43H,8-11,19-20H2,1-7H3/t28-,33?/m0/s1. The normalized spacial score (nSPS) is 19.9. The predicted octanol–water partition coefficient (Wildman–Crippen LogP) is 10.8. The van der Waals surface area contributed by atoms with Gasteiger partial charge in [0.1, 0.15) is 6.10 Å². The Kier molecular flexibility index (Phi) is 8.90. The van der Waals surface area contributed by atoms with Crippen LogP contribution in [0.15, 0.2) is 42.5 Å². The lowest BCUT2D eigenvalue weighted by Crippen LogP contribution is -2.44. The number of aliphatic hydroxyl groups is 1. The van der Waals surface area contributed by atoms with Crippen LogP contribution in [0.5, 0.6) is 0 Å². The monoisotopic (exact) mass is 645 g/mol. The Balaban J connectivity index is 1.84. The van der Waals surface area contributed by atoms with Crippen LogP contribution < -0.4 is 0 Å². The molecular weight excluding hydrogens is 601 g/mol. The maximum Gasteiger partial charge on any atom is 0.416 e. The van der Waals surface area contributed by atoms with Crippen LogP contribution in [0.1, 0.15) is 118 Å². The number of rotatable bonds is 6. The first-order valence-electron chi connectivity index (χ1n) is 15.8. The van der Waals surface area contributed by atoms with Crippen LogP contribution in [0.4, 0.5) is 22.0 Å². The summed E-state index contributed by atoms with van der Waals surface area (Å²) < 4.78 is 76.7. The fourth-order valence-electron chi connectivity index (χ4n) is 6.70. The molecule has 5 rings (SSSR count). The van der Waals surface area contributed by atoms with Crippen molar-refractivity contribution in [2.24, 2.45) is 5.41 Å². The largest absolute Gasteiger partial charge is 0.416 e. The van der Waals surface area contributed by atoms with Crippen molar-refractivity contribution in [3.63, 3.8) is 0 Å². The minimum absolute atomic E-state index is 0.0169. The topological polar surface area (TPSA) is 42.4 Å². The molecule has 0 bridgehead atoms. The Morgan fingerprint density at radius 1 is 0.956 bits per heavy atom. The summed E-state index contributed by atoms with van der Waals surface area (Å²) in [5.74, 6) is -1.99. The summed E-state index contributed by atoms with van der Waals surface area (Å²) in [5, 5.41) is 12.0. The van der Waals surface area contributed by atoms with Gasteiger partial charge in [0.25, 0.3) is 0 Å². The first kappa shape index (κ1) is 33.7. The number of hydrogen-bond acceptors (Lipinski definition) is 3. The van der Waals surface area contributed by atoms with E-state index < -0.39 is 43.9 Å². The van der Waals surface area contributed by atoms with Crippen LogP contribution in [0.2, 0.25) is 18.1 Å². The van der Waals surface area contributed by atoms with E-state index in [1.54, 1.807) is 0 Å². The number of hydrogen-bond donors (Lipinski definition) is 1. The molecule has 2 aliphatic rings. The van der Waals surface area contributed by atoms with Crippen LogP contribution in [0.3, 0.4) is 0 Å². The molecule has 0 aliphatic heterocycles. The Morgan fingerprint density at radius 3 is 2.13 bits per heavy atom. The lowest BCUT2D eigenvalue weighted by atomic mass is 9.71. The zero-order valence-electron chi connectivity index (χ0n) is 27.2. The number of aromatic nitrogens is 1. The lowest BCUT2D eigenvalue weighted by molar-refractivity contribution is -0.137. The van der Waals surface area contributed by atoms with Crippen molar-refractivity contribution < 1.29 is 31.5 Å². The fourth-order valence-corrected chi connectivity index (χ4v) is 7.96. The van der Waals surface area contributed by atoms with Crippen LogP contribution >= 0.6 is 0 Å². The van der Waals surface area contributed by atoms with E-state index in [1.807, 2.05) is 0 Å². The zero-order chi connectivity index (χ0) is 33.1. The summed E-state index contributed by atoms with van der Waals surface area (Å²) in [6, 6.07) is 8.23. The molecule has 9 heteroatoms. The highest BCUT2D eigenvalue weighted by atomic mass is 28.4. The summed E-state index contributed by atoms with van der Waals surface area (Å²) in [5.41, 5.74) is 2.92. The fraction of sp³-hybridized carbons (Fsp3) is 0.528. The first-order chi connectivity index (χ1) is 20.8. The molecule has 2 aliphatic carbocycles. The molecule has 244 valence electrons. The molecule has 0 radical (unpaired) electrons. The second-order valence-electron chi connectivity index (χ2n) is 15.2. The average molecular weight is 646 g/mol. The van der Waals surface area contributed by atoms with Gasteiger partial charge in [-0.25, -0.2) is 8.78 Å². The highest BCUT2D eigenvalue weighted by Crippen LogP contribution is 2.53. The Labute approximate surface area is 264 Å². The second-order valence-corrected chi connectivity index (χ2v) is 19.9. The Bertz CT molecular complexity index is 1550. The SMILES string of the molecule is CC1(C)Cc2nc(C3CCCC3)c(C(O)c3ccc(C(F)(F)F)cc3)c(-c3ccc(F)c(F)c3)c2[C@@H](O[Si](C)(C)C(C)(C)C)C1. The van der Waals surface area contributed by atoms with Crippen molar-refractivity contribution in [1.29, 1.82) is 0 Å². The van der Waals surface area contributed by atoms with E-state index in [2.05, 4.69) is 47.7 Å². The third kappa shape index (κ3) is 6.77. The third-order valence-electron chi connectivity index (χ3n) is 10.1. The molecule has 1 fully saturated rings. The van der Waals surface area contributed by atoms with Crippen LogP contribution in [-0.2, 0) is 17.0 Å². The third-order valence-corrected chi connectivity index (χ3v) is 14.6. The molecule has 1 aromatic heterocycles. The molecule has 0 saturated heterocycles. The molecular formula is C36H44F5NO2Si. The van der Waals surface area contributed by atoms with Crippen molar-refractivity contribution in [1.82, 2.24) is 4.98 Å². The molecule has 2 atom stereocenters. The Hall–Kier alpha value is -2.62. The van der Waals surface area contributed by atoms with Gasteiger partial charge in [-0.05, 0) is 90.2 Å². The molecule has 0 spiro atoms. The number of pyridine rings is 1. The van der Waals surface area contributed by atoms with Crippen molar-refractivity contribution in [2.45, 2.75) is 116 Å². The van der Waals surface area contributed by atoms with Crippen LogP contribution in [-0.4, -0.2) is 18.4 Å². The summed E-state index contributed by atoms with van der Waals surface area (Å²) >= 11 is 0. The Morgan fingerprint density at radius 2 is 1.58 bits per heavy atom. The molecule has 3 nitrogen and oxygen atoms in total. The highest BCUT2D eigenvalue weighted by molar-refractivity contribution is 6.74. The van der Waals surface area contributed by atoms with Gasteiger partial charge in [-0.3, -0.25) is 4.98 Å². The van der Waals surface area contributed by atoms with Crippen LogP contribution in [0.25, 0.3) is 11.1 Å². The van der Waals surface area contributed by atoms with Crippen molar-refractivity contribution in [3.05, 3.63) is 87.7 Å². The molecule has 45 heavy (non-hydrogen) atoms. The minimum atomic E-state index is -4.52. The molecule has 1 N–H and O–H groups in total. The molecule has 0 amide bonds. The lowest BCUT2D eigenvalue weighted by Gasteiger charge is -2.45. The summed E-state index contributed by atoms with van der Waals surface area (Å²) in [6.45, 7) is 15.2. The number of aliphatic hydroxyl groups excluding tert-OH is 1. The van der Waals surface area contributed by atoms with Crippen molar-refractivity contribution >= 4 is 8.32 Å². The van der Waals surface area contributed by atoms with Gasteiger partial charge in [-0.15, -0.1) is 0 Å². The van der Waals surface area contributed by atoms with Gasteiger partial charge in [-0.1, -0.05) is 65.7 Å². The van der Waals surface area contributed by atoms with Gasteiger partial charge in [0.2, 0.25) is 0 Å². The maximum atomic E-state index is 15.0. The van der Waals surface area contributed by atoms with E-state index in [0.717, 1.165) is 61.2 Å². The van der Waals surface area contributed by atoms with E-state index in [-0.39, 0.29) is 21.9 Å². The predicted molar refractivity (Wildman–Crippen MR) is 169 cm³/mol. The maximum absolute atomic E-state index is 15.0. The van der Waals surface area contributed by atoms with Crippen molar-refractivity contribution in [3.8, 4) is 11.1 Å². The zero-order valence-corrected chi connectivity index (χ0v) is 28.2. The van der Waals surface area contributed by atoms with Gasteiger partial charge in [0.15, 0.2) is 20.0 Å². The highest BCUT2D eigenvalue weighted by Gasteiger charge is 2.45. The van der Waals surface area contributed by atoms with E-state index in [4.69, 9.17) is 9.41 Å².